The summed E-state index contributed by atoms with van der Waals surface area (Å²) in [6, 6.07) is 0. The van der Waals surface area contributed by atoms with Crippen molar-refractivity contribution in [1.29, 1.82) is 0 Å². The average Bonchev–Trinajstić information content (AvgIpc) is 3.17. The largest absolute Gasteiger partial charge is 0.310 e. The quantitative estimate of drug-likeness (QED) is 0.281. The van der Waals surface area contributed by atoms with E-state index in [0.717, 1.165) is 0 Å². The summed E-state index contributed by atoms with van der Waals surface area (Å²) in [7, 11) is 0. The zero-order valence-electron chi connectivity index (χ0n) is 17.4. The zero-order chi connectivity index (χ0) is 18.2. The van der Waals surface area contributed by atoms with Gasteiger partial charge in [0, 0.05) is 12.4 Å². The van der Waals surface area contributed by atoms with Crippen molar-refractivity contribution < 1.29 is 0 Å². The normalized spacial score (nSPS) is 16.2. The smallest absolute Gasteiger partial charge is 0.0544 e. The topological polar surface area (TPSA) is 27.3 Å². The van der Waals surface area contributed by atoms with Gasteiger partial charge in [-0.1, -0.05) is 104 Å². The number of rotatable bonds is 17. The van der Waals surface area contributed by atoms with Crippen LogP contribution in [0.25, 0.3) is 0 Å². The van der Waals surface area contributed by atoms with Gasteiger partial charge in [-0.25, -0.2) is 0 Å². The van der Waals surface area contributed by atoms with Crippen molar-refractivity contribution in [2.45, 2.75) is 129 Å². The van der Waals surface area contributed by atoms with Crippen LogP contribution in [0.4, 0.5) is 0 Å². The Bertz CT molecular complexity index is 329. The van der Waals surface area contributed by atoms with Gasteiger partial charge in [-0.3, -0.25) is 5.01 Å². The summed E-state index contributed by atoms with van der Waals surface area (Å²) in [4.78, 5) is 0. The molecule has 1 aliphatic heterocycles. The van der Waals surface area contributed by atoms with Crippen molar-refractivity contribution >= 4 is 0 Å². The molecule has 148 valence electrons. The summed E-state index contributed by atoms with van der Waals surface area (Å²) in [5, 5.41) is 2.23. The molecule has 1 rings (SSSR count). The van der Waals surface area contributed by atoms with Crippen molar-refractivity contribution in [2.75, 3.05) is 0 Å². The molecule has 0 spiro atoms. The third-order valence-corrected chi connectivity index (χ3v) is 5.90. The van der Waals surface area contributed by atoms with E-state index in [1.165, 1.54) is 103 Å². The number of hydrogen-bond acceptors (Lipinski definition) is 3. The molecule has 0 saturated carbocycles. The van der Waals surface area contributed by atoms with Gasteiger partial charge in [0.1, 0.15) is 0 Å². The standard InChI is InChI=1S/C22H45N3/c1-4-6-7-8-9-10-11-12-13-14-15-16-17-18-19-22(3,5-2)25-21-20-23-24-25/h20-21,23-24H,4-19H2,1-3H3. The maximum Gasteiger partial charge on any atom is 0.0544 e. The minimum Gasteiger partial charge on any atom is -0.310 e. The molecular formula is C22H45N3. The Kier molecular flexibility index (Phi) is 12.9. The molecule has 0 aromatic carbocycles. The Morgan fingerprint density at radius 3 is 1.60 bits per heavy atom. The number of nitrogens with one attached hydrogen (secondary N) is 2. The van der Waals surface area contributed by atoms with Crippen molar-refractivity contribution in [3.63, 3.8) is 0 Å². The van der Waals surface area contributed by atoms with Crippen LogP contribution in [0, 0.1) is 0 Å². The summed E-state index contributed by atoms with van der Waals surface area (Å²) in [6.45, 7) is 6.94. The van der Waals surface area contributed by atoms with Crippen LogP contribution >= 0.6 is 0 Å². The van der Waals surface area contributed by atoms with Crippen molar-refractivity contribution in [3.05, 3.63) is 12.4 Å². The van der Waals surface area contributed by atoms with E-state index < -0.39 is 0 Å². The molecule has 2 N–H and O–H groups in total. The molecule has 3 nitrogen and oxygen atoms in total. The van der Waals surface area contributed by atoms with Crippen molar-refractivity contribution in [1.82, 2.24) is 16.0 Å². The van der Waals surface area contributed by atoms with Crippen molar-refractivity contribution in [2.24, 2.45) is 0 Å². The van der Waals surface area contributed by atoms with E-state index in [1.807, 2.05) is 6.20 Å². The first-order valence-corrected chi connectivity index (χ1v) is 11.2. The van der Waals surface area contributed by atoms with Crippen LogP contribution in [-0.2, 0) is 0 Å². The molecule has 1 atom stereocenters. The fourth-order valence-corrected chi connectivity index (χ4v) is 3.74. The minimum absolute atomic E-state index is 0.233. The van der Waals surface area contributed by atoms with Crippen LogP contribution in [0.5, 0.6) is 0 Å². The summed E-state index contributed by atoms with van der Waals surface area (Å²) < 4.78 is 0. The van der Waals surface area contributed by atoms with E-state index in [2.05, 4.69) is 42.9 Å². The van der Waals surface area contributed by atoms with Crippen LogP contribution in [0.15, 0.2) is 12.4 Å². The molecule has 0 saturated heterocycles. The molecule has 0 radical (unpaired) electrons. The minimum atomic E-state index is 0.233. The lowest BCUT2D eigenvalue weighted by Gasteiger charge is -2.37. The first-order valence-electron chi connectivity index (χ1n) is 11.2. The fourth-order valence-electron chi connectivity index (χ4n) is 3.74. The van der Waals surface area contributed by atoms with Crippen molar-refractivity contribution in [3.8, 4) is 0 Å². The Morgan fingerprint density at radius 2 is 1.20 bits per heavy atom. The second kappa shape index (κ2) is 14.5. The first-order chi connectivity index (χ1) is 12.2. The van der Waals surface area contributed by atoms with E-state index in [1.54, 1.807) is 0 Å². The Labute approximate surface area is 158 Å². The van der Waals surface area contributed by atoms with Gasteiger partial charge >= 0.3 is 0 Å². The van der Waals surface area contributed by atoms with E-state index >= 15 is 0 Å². The van der Waals surface area contributed by atoms with Crippen LogP contribution in [0.1, 0.15) is 124 Å². The van der Waals surface area contributed by atoms with Gasteiger partial charge in [-0.2, -0.15) is 0 Å². The van der Waals surface area contributed by atoms with Crippen LogP contribution in [0.2, 0.25) is 0 Å². The molecule has 0 aliphatic carbocycles. The van der Waals surface area contributed by atoms with Crippen LogP contribution in [0.3, 0.4) is 0 Å². The third kappa shape index (κ3) is 10.1. The van der Waals surface area contributed by atoms with E-state index in [9.17, 15) is 0 Å². The highest BCUT2D eigenvalue weighted by Crippen LogP contribution is 2.26. The maximum atomic E-state index is 3.22. The molecule has 0 aromatic rings. The average molecular weight is 352 g/mol. The molecule has 0 bridgehead atoms. The lowest BCUT2D eigenvalue weighted by molar-refractivity contribution is 0.0887. The molecule has 3 heteroatoms. The first kappa shape index (κ1) is 22.3. The SMILES string of the molecule is CCCCCCCCCCCCCCCCC(C)(CC)N1C=CNN1. The molecule has 0 amide bonds. The Balaban J connectivity index is 1.86. The van der Waals surface area contributed by atoms with Crippen LogP contribution in [-0.4, -0.2) is 10.5 Å². The fraction of sp³-hybridized carbons (Fsp3) is 0.909. The number of hydrazine groups is 2. The van der Waals surface area contributed by atoms with Gasteiger partial charge in [0.25, 0.3) is 0 Å². The highest BCUT2D eigenvalue weighted by molar-refractivity contribution is 4.94. The lowest BCUT2D eigenvalue weighted by Crippen LogP contribution is -2.50. The van der Waals surface area contributed by atoms with Gasteiger partial charge in [-0.15, -0.1) is 5.53 Å². The number of unbranched alkanes of at least 4 members (excludes halogenated alkanes) is 13. The molecular weight excluding hydrogens is 306 g/mol. The van der Waals surface area contributed by atoms with Gasteiger partial charge in [0.2, 0.25) is 0 Å². The molecule has 25 heavy (non-hydrogen) atoms. The summed E-state index contributed by atoms with van der Waals surface area (Å²) >= 11 is 0. The van der Waals surface area contributed by atoms with Gasteiger partial charge in [0.05, 0.1) is 5.54 Å². The van der Waals surface area contributed by atoms with E-state index in [4.69, 9.17) is 0 Å². The van der Waals surface area contributed by atoms with Crippen LogP contribution < -0.4 is 11.0 Å². The van der Waals surface area contributed by atoms with Gasteiger partial charge < -0.3 is 5.43 Å². The summed E-state index contributed by atoms with van der Waals surface area (Å²) in [5.41, 5.74) is 6.51. The molecule has 0 aromatic heterocycles. The van der Waals surface area contributed by atoms with E-state index in [-0.39, 0.29) is 5.54 Å². The second-order valence-electron chi connectivity index (χ2n) is 8.14. The highest BCUT2D eigenvalue weighted by Gasteiger charge is 2.28. The predicted octanol–water partition coefficient (Wildman–Crippen LogP) is 6.82. The number of hydrogen-bond donors (Lipinski definition) is 2. The molecule has 1 unspecified atom stereocenters. The molecule has 0 fully saturated rings. The number of nitrogens with zero attached hydrogens (tertiary/aromatic N) is 1. The Hall–Kier alpha value is -0.700. The van der Waals surface area contributed by atoms with Gasteiger partial charge in [0.15, 0.2) is 0 Å². The molecule has 1 aliphatic rings. The van der Waals surface area contributed by atoms with E-state index in [0.29, 0.717) is 0 Å². The highest BCUT2D eigenvalue weighted by atomic mass is 15.7. The second-order valence-corrected chi connectivity index (χ2v) is 8.14. The molecule has 1 heterocycles. The predicted molar refractivity (Wildman–Crippen MR) is 111 cm³/mol. The Morgan fingerprint density at radius 1 is 0.720 bits per heavy atom. The third-order valence-electron chi connectivity index (χ3n) is 5.90. The van der Waals surface area contributed by atoms with Gasteiger partial charge in [-0.05, 0) is 19.8 Å². The lowest BCUT2D eigenvalue weighted by atomic mass is 9.90. The maximum absolute atomic E-state index is 3.22. The monoisotopic (exact) mass is 351 g/mol. The summed E-state index contributed by atoms with van der Waals surface area (Å²) in [5.74, 6) is 0. The summed E-state index contributed by atoms with van der Waals surface area (Å²) in [6.07, 6.45) is 26.6. The zero-order valence-corrected chi connectivity index (χ0v) is 17.4.